The molecule has 0 radical (unpaired) electrons. The van der Waals surface area contributed by atoms with E-state index in [4.69, 9.17) is 4.74 Å². The fourth-order valence-corrected chi connectivity index (χ4v) is 3.71. The van der Waals surface area contributed by atoms with Crippen LogP contribution in [0, 0.1) is 6.92 Å². The Balaban J connectivity index is 2.26. The average Bonchev–Trinajstić information content (AvgIpc) is 2.59. The van der Waals surface area contributed by atoms with Crippen molar-refractivity contribution in [2.24, 2.45) is 0 Å². The second kappa shape index (κ2) is 8.46. The molecule has 0 bridgehead atoms. The van der Waals surface area contributed by atoms with Crippen LogP contribution >= 0.6 is 11.8 Å². The second-order valence-electron chi connectivity index (χ2n) is 5.72. The molecule has 0 aliphatic rings. The molecule has 140 valence electrons. The van der Waals surface area contributed by atoms with Crippen LogP contribution in [0.1, 0.15) is 5.56 Å². The summed E-state index contributed by atoms with van der Waals surface area (Å²) in [6.07, 6.45) is 2.99. The van der Waals surface area contributed by atoms with Crippen molar-refractivity contribution in [1.82, 2.24) is 0 Å². The molecule has 0 aliphatic carbocycles. The lowest BCUT2D eigenvalue weighted by Gasteiger charge is -2.22. The van der Waals surface area contributed by atoms with E-state index in [-0.39, 0.29) is 6.54 Å². The predicted octanol–water partition coefficient (Wildman–Crippen LogP) is 3.13. The number of nitrogens with zero attached hydrogens (tertiary/aromatic N) is 1. The summed E-state index contributed by atoms with van der Waals surface area (Å²) in [4.78, 5) is 13.4. The zero-order valence-electron chi connectivity index (χ0n) is 15.1. The van der Waals surface area contributed by atoms with Gasteiger partial charge in [-0.05, 0) is 49.1 Å². The zero-order valence-corrected chi connectivity index (χ0v) is 16.8. The SMILES string of the molecule is COc1ccc(C)cc1NC(=O)CN(c1cccc(SC)c1)S(C)(=O)=O. The number of thioether (sulfide) groups is 1. The van der Waals surface area contributed by atoms with Gasteiger partial charge >= 0.3 is 0 Å². The number of rotatable bonds is 7. The van der Waals surface area contributed by atoms with E-state index in [0.29, 0.717) is 17.1 Å². The molecule has 0 heterocycles. The highest BCUT2D eigenvalue weighted by Crippen LogP contribution is 2.26. The Morgan fingerprint density at radius 3 is 2.58 bits per heavy atom. The Hall–Kier alpha value is -2.19. The summed E-state index contributed by atoms with van der Waals surface area (Å²) in [5.74, 6) is 0.0631. The maximum Gasteiger partial charge on any atom is 0.245 e. The number of nitrogens with one attached hydrogen (secondary N) is 1. The van der Waals surface area contributed by atoms with E-state index < -0.39 is 15.9 Å². The number of sulfonamides is 1. The number of hydrogen-bond acceptors (Lipinski definition) is 5. The third kappa shape index (κ3) is 5.15. The minimum absolute atomic E-state index is 0.326. The summed E-state index contributed by atoms with van der Waals surface area (Å²) in [6.45, 7) is 1.57. The van der Waals surface area contributed by atoms with Crippen LogP contribution in [0.5, 0.6) is 5.75 Å². The first-order chi connectivity index (χ1) is 12.2. The molecule has 0 saturated heterocycles. The average molecular weight is 395 g/mol. The molecule has 2 rings (SSSR count). The van der Waals surface area contributed by atoms with Crippen LogP contribution in [0.3, 0.4) is 0 Å². The highest BCUT2D eigenvalue weighted by atomic mass is 32.2. The Morgan fingerprint density at radius 1 is 1.23 bits per heavy atom. The van der Waals surface area contributed by atoms with Gasteiger partial charge in [0.05, 0.1) is 24.7 Å². The van der Waals surface area contributed by atoms with Crippen molar-refractivity contribution >= 4 is 39.1 Å². The molecule has 0 unspecified atom stereocenters. The maximum atomic E-state index is 12.5. The summed E-state index contributed by atoms with van der Waals surface area (Å²) in [7, 11) is -2.11. The fraction of sp³-hybridized carbons (Fsp3) is 0.278. The van der Waals surface area contributed by atoms with Crippen molar-refractivity contribution in [2.75, 3.05) is 35.8 Å². The molecular weight excluding hydrogens is 372 g/mol. The standard InChI is InChI=1S/C18H22N2O4S2/c1-13-8-9-17(24-2)16(10-13)19-18(21)12-20(26(4,22)23)14-6-5-7-15(11-14)25-3/h5-11H,12H2,1-4H3,(H,19,21). The minimum atomic E-state index is -3.62. The van der Waals surface area contributed by atoms with Crippen LogP contribution in [0.15, 0.2) is 47.4 Å². The van der Waals surface area contributed by atoms with E-state index in [2.05, 4.69) is 5.32 Å². The highest BCUT2D eigenvalue weighted by molar-refractivity contribution is 7.98. The van der Waals surface area contributed by atoms with Gasteiger partial charge in [0.2, 0.25) is 15.9 Å². The third-order valence-electron chi connectivity index (χ3n) is 3.66. The second-order valence-corrected chi connectivity index (χ2v) is 8.51. The molecule has 2 aromatic carbocycles. The van der Waals surface area contributed by atoms with E-state index in [9.17, 15) is 13.2 Å². The number of amides is 1. The molecule has 0 aromatic heterocycles. The first-order valence-electron chi connectivity index (χ1n) is 7.81. The molecule has 1 amide bonds. The number of carbonyl (C=O) groups excluding carboxylic acids is 1. The third-order valence-corrected chi connectivity index (χ3v) is 5.52. The number of aryl methyl sites for hydroxylation is 1. The van der Waals surface area contributed by atoms with Crippen molar-refractivity contribution in [3.05, 3.63) is 48.0 Å². The van der Waals surface area contributed by atoms with Gasteiger partial charge in [-0.25, -0.2) is 8.42 Å². The normalized spacial score (nSPS) is 11.1. The Bertz CT molecular complexity index is 898. The summed E-state index contributed by atoms with van der Waals surface area (Å²) >= 11 is 1.50. The molecule has 8 heteroatoms. The van der Waals surface area contributed by atoms with Crippen molar-refractivity contribution in [3.63, 3.8) is 0 Å². The number of anilines is 2. The van der Waals surface area contributed by atoms with Gasteiger partial charge in [-0.3, -0.25) is 9.10 Å². The van der Waals surface area contributed by atoms with Crippen molar-refractivity contribution in [2.45, 2.75) is 11.8 Å². The van der Waals surface area contributed by atoms with E-state index >= 15 is 0 Å². The molecule has 0 fully saturated rings. The van der Waals surface area contributed by atoms with Crippen molar-refractivity contribution < 1.29 is 17.9 Å². The van der Waals surface area contributed by atoms with E-state index in [1.165, 1.54) is 18.9 Å². The zero-order chi connectivity index (χ0) is 19.3. The van der Waals surface area contributed by atoms with Gasteiger partial charge < -0.3 is 10.1 Å². The van der Waals surface area contributed by atoms with E-state index in [1.54, 1.807) is 30.3 Å². The molecule has 1 N–H and O–H groups in total. The molecule has 0 saturated carbocycles. The summed E-state index contributed by atoms with van der Waals surface area (Å²) in [5.41, 5.74) is 1.91. The first-order valence-corrected chi connectivity index (χ1v) is 10.9. The lowest BCUT2D eigenvalue weighted by atomic mass is 10.2. The van der Waals surface area contributed by atoms with Gasteiger partial charge in [-0.1, -0.05) is 12.1 Å². The van der Waals surface area contributed by atoms with Gasteiger partial charge in [-0.2, -0.15) is 0 Å². The van der Waals surface area contributed by atoms with Gasteiger partial charge in [0.15, 0.2) is 0 Å². The van der Waals surface area contributed by atoms with Gasteiger partial charge in [0.25, 0.3) is 0 Å². The van der Waals surface area contributed by atoms with Crippen LogP contribution in [0.25, 0.3) is 0 Å². The van der Waals surface area contributed by atoms with Crippen molar-refractivity contribution in [1.29, 1.82) is 0 Å². The fourth-order valence-electron chi connectivity index (χ4n) is 2.41. The molecule has 6 nitrogen and oxygen atoms in total. The largest absolute Gasteiger partial charge is 0.495 e. The molecule has 0 atom stereocenters. The van der Waals surface area contributed by atoms with Crippen LogP contribution in [0.4, 0.5) is 11.4 Å². The van der Waals surface area contributed by atoms with E-state index in [0.717, 1.165) is 21.0 Å². The summed E-state index contributed by atoms with van der Waals surface area (Å²) in [5, 5.41) is 2.73. The predicted molar refractivity (Wildman–Crippen MR) is 107 cm³/mol. The molecule has 2 aromatic rings. The number of hydrogen-bond donors (Lipinski definition) is 1. The Labute approximate surface area is 158 Å². The van der Waals surface area contributed by atoms with Gasteiger partial charge in [0.1, 0.15) is 12.3 Å². The Morgan fingerprint density at radius 2 is 1.96 bits per heavy atom. The van der Waals surface area contributed by atoms with Crippen molar-refractivity contribution in [3.8, 4) is 5.75 Å². The summed E-state index contributed by atoms with van der Waals surface area (Å²) < 4.78 is 30.7. The van der Waals surface area contributed by atoms with Crippen LogP contribution in [-0.4, -0.2) is 40.5 Å². The molecular formula is C18H22N2O4S2. The monoisotopic (exact) mass is 394 g/mol. The van der Waals surface area contributed by atoms with Crippen LogP contribution < -0.4 is 14.4 Å². The lowest BCUT2D eigenvalue weighted by molar-refractivity contribution is -0.114. The molecule has 0 spiro atoms. The highest BCUT2D eigenvalue weighted by Gasteiger charge is 2.21. The van der Waals surface area contributed by atoms with E-state index in [1.807, 2.05) is 25.3 Å². The van der Waals surface area contributed by atoms with Gasteiger partial charge in [-0.15, -0.1) is 11.8 Å². The summed E-state index contributed by atoms with van der Waals surface area (Å²) in [6, 6.07) is 12.4. The Kier molecular flexibility index (Phi) is 6.55. The van der Waals surface area contributed by atoms with Crippen LogP contribution in [-0.2, 0) is 14.8 Å². The number of methoxy groups -OCH3 is 1. The lowest BCUT2D eigenvalue weighted by Crippen LogP contribution is -2.37. The number of benzene rings is 2. The number of ether oxygens (including phenoxy) is 1. The smallest absolute Gasteiger partial charge is 0.245 e. The quantitative estimate of drug-likeness (QED) is 0.730. The van der Waals surface area contributed by atoms with Crippen LogP contribution in [0.2, 0.25) is 0 Å². The van der Waals surface area contributed by atoms with Gasteiger partial charge in [0, 0.05) is 4.90 Å². The molecule has 26 heavy (non-hydrogen) atoms. The topological polar surface area (TPSA) is 75.7 Å². The maximum absolute atomic E-state index is 12.5. The minimum Gasteiger partial charge on any atom is -0.495 e. The first kappa shape index (κ1) is 20.1. The number of carbonyl (C=O) groups is 1. The molecule has 0 aliphatic heterocycles.